The molecule has 0 unspecified atom stereocenters. The molecule has 7 heteroatoms. The van der Waals surface area contributed by atoms with Gasteiger partial charge in [0.15, 0.2) is 0 Å². The molecular weight excluding hydrogens is 374 g/mol. The summed E-state index contributed by atoms with van der Waals surface area (Å²) in [6.45, 7) is 1.50. The highest BCUT2D eigenvalue weighted by Crippen LogP contribution is 2.24. The van der Waals surface area contributed by atoms with E-state index in [0.29, 0.717) is 16.1 Å². The van der Waals surface area contributed by atoms with Crippen molar-refractivity contribution in [3.63, 3.8) is 0 Å². The second kappa shape index (κ2) is 7.63. The number of sulfonamides is 1. The molecule has 2 N–H and O–H groups in total. The lowest BCUT2D eigenvalue weighted by molar-refractivity contribution is 0.182. The Morgan fingerprint density at radius 2 is 1.85 bits per heavy atom. The molecule has 1 aromatic heterocycles. The average molecular weight is 392 g/mol. The summed E-state index contributed by atoms with van der Waals surface area (Å²) < 4.78 is 32.7. The van der Waals surface area contributed by atoms with E-state index in [1.807, 2.05) is 18.2 Å². The van der Waals surface area contributed by atoms with Crippen LogP contribution in [0.5, 0.6) is 0 Å². The molecule has 26 heavy (non-hydrogen) atoms. The molecule has 5 nitrogen and oxygen atoms in total. The Kier molecular flexibility index (Phi) is 5.48. The van der Waals surface area contributed by atoms with Crippen LogP contribution in [0.3, 0.4) is 0 Å². The van der Waals surface area contributed by atoms with Gasteiger partial charge in [-0.25, -0.2) is 13.1 Å². The molecule has 0 aliphatic heterocycles. The number of hydrogen-bond donors (Lipinski definition) is 2. The Balaban J connectivity index is 1.70. The van der Waals surface area contributed by atoms with Crippen molar-refractivity contribution in [3.05, 3.63) is 77.0 Å². The molecule has 3 aromatic rings. The molecule has 0 saturated heterocycles. The summed E-state index contributed by atoms with van der Waals surface area (Å²) in [4.78, 5) is 0.102. The van der Waals surface area contributed by atoms with Crippen LogP contribution in [0.1, 0.15) is 17.2 Å². The summed E-state index contributed by atoms with van der Waals surface area (Å²) in [5.74, 6) is 0.725. The predicted octanol–water partition coefficient (Wildman–Crippen LogP) is 3.92. The van der Waals surface area contributed by atoms with Crippen LogP contribution in [0, 0.1) is 6.92 Å². The maximum Gasteiger partial charge on any atom is 0.240 e. The van der Waals surface area contributed by atoms with Gasteiger partial charge in [0.1, 0.15) is 5.76 Å². The molecule has 1 atom stereocenters. The molecule has 0 bridgehead atoms. The number of hydrogen-bond acceptors (Lipinski definition) is 4. The Bertz CT molecular complexity index is 983. The van der Waals surface area contributed by atoms with Crippen LogP contribution in [-0.4, -0.2) is 20.1 Å². The normalized spacial score (nSPS) is 12.9. The molecule has 0 amide bonds. The van der Waals surface area contributed by atoms with Crippen LogP contribution >= 0.6 is 11.6 Å². The highest BCUT2D eigenvalue weighted by atomic mass is 35.5. The van der Waals surface area contributed by atoms with E-state index in [1.165, 1.54) is 6.07 Å². The first-order chi connectivity index (χ1) is 12.4. The number of benzene rings is 2. The Hall–Kier alpha value is -2.12. The van der Waals surface area contributed by atoms with Crippen molar-refractivity contribution in [2.45, 2.75) is 17.9 Å². The minimum Gasteiger partial charge on any atom is -0.464 e. The van der Waals surface area contributed by atoms with Gasteiger partial charge in [0.05, 0.1) is 17.3 Å². The van der Waals surface area contributed by atoms with Crippen molar-refractivity contribution < 1.29 is 17.9 Å². The third-order valence-electron chi connectivity index (χ3n) is 4.08. The largest absolute Gasteiger partial charge is 0.464 e. The smallest absolute Gasteiger partial charge is 0.240 e. The quantitative estimate of drug-likeness (QED) is 0.667. The number of nitrogens with one attached hydrogen (secondary N) is 1. The van der Waals surface area contributed by atoms with Crippen molar-refractivity contribution >= 4 is 21.6 Å². The number of furan rings is 1. The molecular formula is C19H18ClNO4S. The monoisotopic (exact) mass is 391 g/mol. The molecule has 2 aromatic carbocycles. The maximum absolute atomic E-state index is 12.5. The summed E-state index contributed by atoms with van der Waals surface area (Å²) in [7, 11) is -3.77. The van der Waals surface area contributed by atoms with E-state index >= 15 is 0 Å². The molecule has 0 aliphatic rings. The van der Waals surface area contributed by atoms with Gasteiger partial charge in [0.25, 0.3) is 0 Å². The topological polar surface area (TPSA) is 79.5 Å². The lowest BCUT2D eigenvalue weighted by Gasteiger charge is -2.14. The van der Waals surface area contributed by atoms with Crippen molar-refractivity contribution in [2.75, 3.05) is 6.54 Å². The zero-order valence-electron chi connectivity index (χ0n) is 14.0. The molecule has 0 aliphatic carbocycles. The summed E-state index contributed by atoms with van der Waals surface area (Å²) in [6.07, 6.45) is 0.611. The number of aliphatic hydroxyl groups is 1. The number of halogens is 1. The van der Waals surface area contributed by atoms with Crippen LogP contribution in [0.2, 0.25) is 5.02 Å². The SMILES string of the molecule is Cc1c(Cl)cccc1S(=O)(=O)NC[C@H](O)c1ccc(-c2ccco2)cc1. The average Bonchev–Trinajstić information content (AvgIpc) is 3.17. The lowest BCUT2D eigenvalue weighted by Crippen LogP contribution is -2.29. The van der Waals surface area contributed by atoms with Gasteiger partial charge in [0.2, 0.25) is 10.0 Å². The minimum atomic E-state index is -3.77. The molecule has 0 radical (unpaired) electrons. The fourth-order valence-corrected chi connectivity index (χ4v) is 4.11. The van der Waals surface area contributed by atoms with Crippen molar-refractivity contribution in [3.8, 4) is 11.3 Å². The molecule has 136 valence electrons. The Labute approximate surface area is 157 Å². The van der Waals surface area contributed by atoms with E-state index in [4.69, 9.17) is 16.0 Å². The van der Waals surface area contributed by atoms with E-state index in [2.05, 4.69) is 4.72 Å². The first-order valence-corrected chi connectivity index (χ1v) is 9.81. The zero-order valence-corrected chi connectivity index (χ0v) is 15.6. The van der Waals surface area contributed by atoms with Gasteiger partial charge in [0, 0.05) is 17.1 Å². The van der Waals surface area contributed by atoms with Crippen molar-refractivity contribution in [1.82, 2.24) is 4.72 Å². The van der Waals surface area contributed by atoms with Gasteiger partial charge in [-0.2, -0.15) is 0 Å². The lowest BCUT2D eigenvalue weighted by atomic mass is 10.1. The van der Waals surface area contributed by atoms with Crippen LogP contribution < -0.4 is 4.72 Å². The number of rotatable bonds is 6. The van der Waals surface area contributed by atoms with E-state index in [9.17, 15) is 13.5 Å². The van der Waals surface area contributed by atoms with Crippen molar-refractivity contribution in [1.29, 1.82) is 0 Å². The van der Waals surface area contributed by atoms with Crippen molar-refractivity contribution in [2.24, 2.45) is 0 Å². The first kappa shape index (κ1) is 18.7. The fourth-order valence-electron chi connectivity index (χ4n) is 2.58. The van der Waals surface area contributed by atoms with Gasteiger partial charge >= 0.3 is 0 Å². The molecule has 0 spiro atoms. The second-order valence-corrected chi connectivity index (χ2v) is 7.97. The summed E-state index contributed by atoms with van der Waals surface area (Å²) in [6, 6.07) is 15.4. The van der Waals surface area contributed by atoms with E-state index in [1.54, 1.807) is 43.5 Å². The third kappa shape index (κ3) is 3.99. The fraction of sp³-hybridized carbons (Fsp3) is 0.158. The molecule has 0 fully saturated rings. The van der Waals surface area contributed by atoms with Gasteiger partial charge in [-0.3, -0.25) is 0 Å². The zero-order chi connectivity index (χ0) is 18.7. The number of aliphatic hydroxyl groups excluding tert-OH is 1. The van der Waals surface area contributed by atoms with Crippen LogP contribution in [0.4, 0.5) is 0 Å². The maximum atomic E-state index is 12.5. The van der Waals surface area contributed by atoms with Gasteiger partial charge in [-0.05, 0) is 42.3 Å². The predicted molar refractivity (Wildman–Crippen MR) is 100 cm³/mol. The highest BCUT2D eigenvalue weighted by molar-refractivity contribution is 7.89. The van der Waals surface area contributed by atoms with E-state index in [0.717, 1.165) is 11.3 Å². The van der Waals surface area contributed by atoms with Crippen LogP contribution in [0.25, 0.3) is 11.3 Å². The third-order valence-corrected chi connectivity index (χ3v) is 6.05. The molecule has 1 heterocycles. The van der Waals surface area contributed by atoms with Gasteiger partial charge < -0.3 is 9.52 Å². The molecule has 3 rings (SSSR count). The second-order valence-electron chi connectivity index (χ2n) is 5.83. The van der Waals surface area contributed by atoms with Gasteiger partial charge in [-0.15, -0.1) is 0 Å². The van der Waals surface area contributed by atoms with E-state index < -0.39 is 16.1 Å². The first-order valence-electron chi connectivity index (χ1n) is 7.95. The standard InChI is InChI=1S/C19H18ClNO4S/c1-13-16(20)4-2-6-19(13)26(23,24)21-12-17(22)14-7-9-15(10-8-14)18-5-3-11-25-18/h2-11,17,21-22H,12H2,1H3/t17-/m0/s1. The van der Waals surface area contributed by atoms with Gasteiger partial charge in [-0.1, -0.05) is 41.9 Å². The Morgan fingerprint density at radius 1 is 1.12 bits per heavy atom. The van der Waals surface area contributed by atoms with Crippen LogP contribution in [0.15, 0.2) is 70.2 Å². The molecule has 0 saturated carbocycles. The van der Waals surface area contributed by atoms with Crippen LogP contribution in [-0.2, 0) is 10.0 Å². The van der Waals surface area contributed by atoms with E-state index in [-0.39, 0.29) is 11.4 Å². The summed E-state index contributed by atoms with van der Waals surface area (Å²) in [5, 5.41) is 10.7. The highest BCUT2D eigenvalue weighted by Gasteiger charge is 2.19. The summed E-state index contributed by atoms with van der Waals surface area (Å²) in [5.41, 5.74) is 1.95. The Morgan fingerprint density at radius 3 is 2.50 bits per heavy atom. The minimum absolute atomic E-state index is 0.102. The summed E-state index contributed by atoms with van der Waals surface area (Å²) >= 11 is 5.99.